The van der Waals surface area contributed by atoms with E-state index in [1.165, 1.54) is 11.3 Å². The number of aromatic hydroxyl groups is 1. The van der Waals surface area contributed by atoms with Crippen LogP contribution >= 0.6 is 27.3 Å². The first-order valence-electron chi connectivity index (χ1n) is 7.07. The molecule has 4 aromatic rings. The van der Waals surface area contributed by atoms with Gasteiger partial charge in [0.25, 0.3) is 5.91 Å². The maximum Gasteiger partial charge on any atom is 0.279 e. The van der Waals surface area contributed by atoms with E-state index in [4.69, 9.17) is 0 Å². The van der Waals surface area contributed by atoms with E-state index in [1.54, 1.807) is 24.4 Å². The molecule has 24 heavy (non-hydrogen) atoms. The molecule has 0 spiro atoms. The van der Waals surface area contributed by atoms with E-state index < -0.39 is 5.91 Å². The van der Waals surface area contributed by atoms with Gasteiger partial charge in [-0.05, 0) is 34.1 Å². The second-order valence-electron chi connectivity index (χ2n) is 5.07. The first kappa shape index (κ1) is 15.0. The van der Waals surface area contributed by atoms with Crippen LogP contribution in [0.2, 0.25) is 0 Å². The monoisotopic (exact) mass is 399 g/mol. The molecule has 0 bridgehead atoms. The Balaban J connectivity index is 1.86. The van der Waals surface area contributed by atoms with Crippen LogP contribution in [0.5, 0.6) is 5.75 Å². The van der Waals surface area contributed by atoms with E-state index >= 15 is 0 Å². The number of halogens is 1. The molecule has 7 heteroatoms. The van der Waals surface area contributed by atoms with Crippen molar-refractivity contribution in [2.45, 2.75) is 0 Å². The minimum absolute atomic E-state index is 0.0356. The molecule has 0 atom stereocenters. The van der Waals surface area contributed by atoms with Gasteiger partial charge in [0.05, 0.1) is 4.70 Å². The molecule has 0 aliphatic carbocycles. The topological polar surface area (TPSA) is 75.1 Å². The number of hydrogen-bond donors (Lipinski definition) is 2. The van der Waals surface area contributed by atoms with Crippen molar-refractivity contribution >= 4 is 59.2 Å². The van der Waals surface area contributed by atoms with Crippen molar-refractivity contribution in [3.05, 3.63) is 59.0 Å². The van der Waals surface area contributed by atoms with Gasteiger partial charge in [0.15, 0.2) is 11.4 Å². The first-order valence-corrected chi connectivity index (χ1v) is 8.68. The summed E-state index contributed by atoms with van der Waals surface area (Å²) in [5.74, 6) is -0.231. The summed E-state index contributed by atoms with van der Waals surface area (Å²) in [4.78, 5) is 20.8. The molecule has 3 heterocycles. The summed E-state index contributed by atoms with van der Waals surface area (Å²) in [7, 11) is 0. The van der Waals surface area contributed by atoms with E-state index in [2.05, 4.69) is 31.2 Å². The first-order chi connectivity index (χ1) is 11.6. The van der Waals surface area contributed by atoms with Crippen LogP contribution in [0.3, 0.4) is 0 Å². The van der Waals surface area contributed by atoms with Crippen LogP contribution in [0.1, 0.15) is 10.5 Å². The highest BCUT2D eigenvalue weighted by Crippen LogP contribution is 2.43. The van der Waals surface area contributed by atoms with Crippen LogP contribution in [0.4, 0.5) is 5.82 Å². The van der Waals surface area contributed by atoms with Gasteiger partial charge in [0.1, 0.15) is 10.4 Å². The third-order valence-corrected chi connectivity index (χ3v) is 5.32. The van der Waals surface area contributed by atoms with E-state index in [0.29, 0.717) is 15.1 Å². The Morgan fingerprint density at radius 3 is 2.75 bits per heavy atom. The van der Waals surface area contributed by atoms with Crippen LogP contribution in [-0.2, 0) is 0 Å². The number of nitrogens with one attached hydrogen (secondary N) is 1. The van der Waals surface area contributed by atoms with Crippen molar-refractivity contribution in [3.63, 3.8) is 0 Å². The van der Waals surface area contributed by atoms with Gasteiger partial charge in [-0.1, -0.05) is 24.3 Å². The summed E-state index contributed by atoms with van der Waals surface area (Å²) in [5.41, 5.74) is -0.0356. The Kier molecular flexibility index (Phi) is 3.66. The summed E-state index contributed by atoms with van der Waals surface area (Å²) >= 11 is 4.85. The zero-order valence-corrected chi connectivity index (χ0v) is 14.6. The van der Waals surface area contributed by atoms with Crippen molar-refractivity contribution in [2.75, 3.05) is 5.32 Å². The number of fused-ring (bicyclic) bond motifs is 3. The maximum atomic E-state index is 12.5. The highest BCUT2D eigenvalue weighted by atomic mass is 79.9. The molecule has 0 fully saturated rings. The molecule has 0 saturated carbocycles. The molecule has 0 aliphatic heterocycles. The molecular formula is C17H10BrN3O2S. The zero-order chi connectivity index (χ0) is 16.7. The molecule has 3 aromatic heterocycles. The Hall–Kier alpha value is -2.51. The number of hydrogen-bond acceptors (Lipinski definition) is 5. The Morgan fingerprint density at radius 2 is 1.96 bits per heavy atom. The Labute approximate surface area is 149 Å². The smallest absolute Gasteiger partial charge is 0.279 e. The molecule has 0 unspecified atom stereocenters. The van der Waals surface area contributed by atoms with Crippen LogP contribution in [0.25, 0.3) is 20.2 Å². The highest BCUT2D eigenvalue weighted by Gasteiger charge is 2.21. The standard InChI is InChI=1S/C17H10BrN3O2S/c18-16-12-9-5-1-2-6-10(9)24-15(12)14(22)13(21-16)17(23)20-11-7-3-4-8-19-11/h1-8,22H,(H,19,20,23). The lowest BCUT2D eigenvalue weighted by Gasteiger charge is -2.07. The fraction of sp³-hybridized carbons (Fsp3) is 0. The Morgan fingerprint density at radius 1 is 1.17 bits per heavy atom. The maximum absolute atomic E-state index is 12.5. The third-order valence-electron chi connectivity index (χ3n) is 3.57. The van der Waals surface area contributed by atoms with Gasteiger partial charge in [-0.2, -0.15) is 0 Å². The summed E-state index contributed by atoms with van der Waals surface area (Å²) in [6.45, 7) is 0. The van der Waals surface area contributed by atoms with Crippen LogP contribution in [-0.4, -0.2) is 21.0 Å². The molecule has 2 N–H and O–H groups in total. The average molecular weight is 400 g/mol. The highest BCUT2D eigenvalue weighted by molar-refractivity contribution is 9.10. The fourth-order valence-electron chi connectivity index (χ4n) is 2.50. The lowest BCUT2D eigenvalue weighted by Crippen LogP contribution is -2.15. The predicted molar refractivity (Wildman–Crippen MR) is 98.7 cm³/mol. The Bertz CT molecular complexity index is 1080. The molecule has 118 valence electrons. The second kappa shape index (κ2) is 5.85. The minimum Gasteiger partial charge on any atom is -0.504 e. The van der Waals surface area contributed by atoms with Crippen molar-refractivity contribution < 1.29 is 9.90 Å². The van der Waals surface area contributed by atoms with E-state index in [-0.39, 0.29) is 11.4 Å². The van der Waals surface area contributed by atoms with Gasteiger partial charge in [0, 0.05) is 21.7 Å². The molecule has 0 saturated heterocycles. The number of nitrogens with zero attached hydrogens (tertiary/aromatic N) is 2. The fourth-order valence-corrected chi connectivity index (χ4v) is 4.37. The number of anilines is 1. The zero-order valence-electron chi connectivity index (χ0n) is 12.2. The largest absolute Gasteiger partial charge is 0.504 e. The number of rotatable bonds is 2. The van der Waals surface area contributed by atoms with Crippen molar-refractivity contribution in [2.24, 2.45) is 0 Å². The molecule has 1 amide bonds. The van der Waals surface area contributed by atoms with E-state index in [0.717, 1.165) is 15.5 Å². The summed E-state index contributed by atoms with van der Waals surface area (Å²) < 4.78 is 2.18. The summed E-state index contributed by atoms with van der Waals surface area (Å²) in [6, 6.07) is 13.0. The van der Waals surface area contributed by atoms with Crippen molar-refractivity contribution in [1.29, 1.82) is 0 Å². The lowest BCUT2D eigenvalue weighted by atomic mass is 10.2. The van der Waals surface area contributed by atoms with Gasteiger partial charge < -0.3 is 10.4 Å². The molecule has 5 nitrogen and oxygen atoms in total. The third kappa shape index (κ3) is 2.42. The quantitative estimate of drug-likeness (QED) is 0.484. The van der Waals surface area contributed by atoms with E-state index in [1.807, 2.05) is 24.3 Å². The number of aromatic nitrogens is 2. The number of carbonyl (C=O) groups is 1. The normalized spacial score (nSPS) is 11.0. The second-order valence-corrected chi connectivity index (χ2v) is 6.87. The summed E-state index contributed by atoms with van der Waals surface area (Å²) in [6.07, 6.45) is 1.58. The predicted octanol–water partition coefficient (Wildman–Crippen LogP) is 4.56. The molecule has 4 rings (SSSR count). The van der Waals surface area contributed by atoms with Crippen LogP contribution in [0, 0.1) is 0 Å². The van der Waals surface area contributed by atoms with Crippen molar-refractivity contribution in [3.8, 4) is 5.75 Å². The van der Waals surface area contributed by atoms with E-state index in [9.17, 15) is 9.90 Å². The minimum atomic E-state index is -0.508. The van der Waals surface area contributed by atoms with Gasteiger partial charge in [-0.3, -0.25) is 4.79 Å². The number of carbonyl (C=O) groups excluding carboxylic acids is 1. The average Bonchev–Trinajstić information content (AvgIpc) is 2.99. The van der Waals surface area contributed by atoms with Gasteiger partial charge in [0.2, 0.25) is 0 Å². The van der Waals surface area contributed by atoms with Crippen LogP contribution < -0.4 is 5.32 Å². The summed E-state index contributed by atoms with van der Waals surface area (Å²) in [5, 5.41) is 15.0. The lowest BCUT2D eigenvalue weighted by molar-refractivity contribution is 0.101. The molecular weight excluding hydrogens is 390 g/mol. The SMILES string of the molecule is O=C(Nc1ccccn1)c1nc(Br)c2c(sc3ccccc32)c1O. The van der Waals surface area contributed by atoms with Crippen molar-refractivity contribution in [1.82, 2.24) is 9.97 Å². The number of amides is 1. The molecule has 1 aromatic carbocycles. The van der Waals surface area contributed by atoms with Crippen LogP contribution in [0.15, 0.2) is 53.3 Å². The number of pyridine rings is 2. The van der Waals surface area contributed by atoms with Gasteiger partial charge >= 0.3 is 0 Å². The number of thiophene rings is 1. The van der Waals surface area contributed by atoms with Gasteiger partial charge in [-0.25, -0.2) is 9.97 Å². The number of benzene rings is 1. The van der Waals surface area contributed by atoms with Gasteiger partial charge in [-0.15, -0.1) is 11.3 Å². The molecule has 0 radical (unpaired) electrons. The molecule has 0 aliphatic rings.